The number of amides is 1. The molecule has 0 aromatic heterocycles. The summed E-state index contributed by atoms with van der Waals surface area (Å²) in [6.07, 6.45) is 3.89. The van der Waals surface area contributed by atoms with Crippen molar-refractivity contribution in [3.8, 4) is 0 Å². The Morgan fingerprint density at radius 2 is 1.95 bits per heavy atom. The van der Waals surface area contributed by atoms with Crippen molar-refractivity contribution in [2.24, 2.45) is 0 Å². The van der Waals surface area contributed by atoms with E-state index in [1.165, 1.54) is 0 Å². The molecule has 0 saturated heterocycles. The molecule has 2 rings (SSSR count). The highest BCUT2D eigenvalue weighted by atomic mass is 35.7. The number of hydrogen-bond acceptors (Lipinski definition) is 3. The number of rotatable bonds is 3. The minimum atomic E-state index is -3.99. The van der Waals surface area contributed by atoms with Gasteiger partial charge >= 0.3 is 0 Å². The average Bonchev–Trinajstić information content (AvgIpc) is 2.80. The minimum Gasteiger partial charge on any atom is -0.349 e. The topological polar surface area (TPSA) is 63.2 Å². The molecule has 0 unspecified atom stereocenters. The molecule has 0 bridgehead atoms. The monoisotopic (exact) mass is 305 g/mol. The number of halogens is 2. The second-order valence-corrected chi connectivity index (χ2v) is 7.10. The van der Waals surface area contributed by atoms with Crippen LogP contribution in [0.5, 0.6) is 0 Å². The van der Waals surface area contributed by atoms with Crippen molar-refractivity contribution in [3.63, 3.8) is 0 Å². The SMILES string of the molecule is O=C(NC1CCCC1)c1ccc(S(=O)(=O)Cl)cc1F. The Morgan fingerprint density at radius 3 is 2.47 bits per heavy atom. The van der Waals surface area contributed by atoms with E-state index in [2.05, 4.69) is 5.32 Å². The Hall–Kier alpha value is -1.14. The molecule has 0 aliphatic heterocycles. The van der Waals surface area contributed by atoms with Crippen LogP contribution in [0, 0.1) is 5.82 Å². The molecule has 19 heavy (non-hydrogen) atoms. The highest BCUT2D eigenvalue weighted by Crippen LogP contribution is 2.21. The van der Waals surface area contributed by atoms with Crippen molar-refractivity contribution in [2.75, 3.05) is 0 Å². The molecule has 104 valence electrons. The van der Waals surface area contributed by atoms with Gasteiger partial charge in [-0.2, -0.15) is 0 Å². The Labute approximate surface area is 115 Å². The smallest absolute Gasteiger partial charge is 0.261 e. The van der Waals surface area contributed by atoms with Crippen molar-refractivity contribution < 1.29 is 17.6 Å². The molecule has 1 aliphatic rings. The largest absolute Gasteiger partial charge is 0.349 e. The summed E-state index contributed by atoms with van der Waals surface area (Å²) >= 11 is 0. The number of carbonyl (C=O) groups is 1. The van der Waals surface area contributed by atoms with E-state index in [0.29, 0.717) is 0 Å². The Bertz CT molecular complexity index is 597. The van der Waals surface area contributed by atoms with E-state index in [0.717, 1.165) is 43.9 Å². The first kappa shape index (κ1) is 14.3. The number of nitrogens with one attached hydrogen (secondary N) is 1. The number of carbonyl (C=O) groups excluding carboxylic acids is 1. The molecule has 0 heterocycles. The van der Waals surface area contributed by atoms with Gasteiger partial charge in [0.2, 0.25) is 0 Å². The maximum absolute atomic E-state index is 13.7. The number of hydrogen-bond donors (Lipinski definition) is 1. The lowest BCUT2D eigenvalue weighted by Crippen LogP contribution is -2.33. The maximum atomic E-state index is 13.7. The Kier molecular flexibility index (Phi) is 4.10. The lowest BCUT2D eigenvalue weighted by Gasteiger charge is -2.12. The third-order valence-corrected chi connectivity index (χ3v) is 4.51. The van der Waals surface area contributed by atoms with Crippen LogP contribution in [0.15, 0.2) is 23.1 Å². The van der Waals surface area contributed by atoms with Gasteiger partial charge in [0.1, 0.15) is 5.82 Å². The van der Waals surface area contributed by atoms with E-state index >= 15 is 0 Å². The van der Waals surface area contributed by atoms with E-state index in [-0.39, 0.29) is 16.5 Å². The number of benzene rings is 1. The molecule has 1 aromatic rings. The van der Waals surface area contributed by atoms with Crippen molar-refractivity contribution in [1.29, 1.82) is 0 Å². The van der Waals surface area contributed by atoms with Crippen LogP contribution in [0.3, 0.4) is 0 Å². The zero-order valence-corrected chi connectivity index (χ0v) is 11.6. The van der Waals surface area contributed by atoms with E-state index in [1.54, 1.807) is 0 Å². The lowest BCUT2D eigenvalue weighted by molar-refractivity contribution is 0.0933. The van der Waals surface area contributed by atoms with Crippen molar-refractivity contribution >= 4 is 25.6 Å². The van der Waals surface area contributed by atoms with Crippen molar-refractivity contribution in [3.05, 3.63) is 29.6 Å². The van der Waals surface area contributed by atoms with Crippen molar-refractivity contribution in [2.45, 2.75) is 36.6 Å². The Balaban J connectivity index is 2.18. The fourth-order valence-electron chi connectivity index (χ4n) is 2.16. The molecule has 0 radical (unpaired) electrons. The predicted octanol–water partition coefficient (Wildman–Crippen LogP) is 2.43. The van der Waals surface area contributed by atoms with Gasteiger partial charge in [-0.1, -0.05) is 12.8 Å². The first-order chi connectivity index (χ1) is 8.88. The standard InChI is InChI=1S/C12H13ClFNO3S/c13-19(17,18)9-5-6-10(11(14)7-9)12(16)15-8-3-1-2-4-8/h5-8H,1-4H2,(H,15,16). The summed E-state index contributed by atoms with van der Waals surface area (Å²) in [4.78, 5) is 11.5. The third kappa shape index (κ3) is 3.45. The van der Waals surface area contributed by atoms with Crippen LogP contribution in [-0.2, 0) is 9.05 Å². The molecule has 1 amide bonds. The van der Waals surface area contributed by atoms with Gasteiger partial charge < -0.3 is 5.32 Å². The third-order valence-electron chi connectivity index (χ3n) is 3.16. The molecule has 0 atom stereocenters. The minimum absolute atomic E-state index is 0.0725. The van der Waals surface area contributed by atoms with Crippen LogP contribution in [0.1, 0.15) is 36.0 Å². The molecular formula is C12H13ClFNO3S. The van der Waals surface area contributed by atoms with Gasteiger partial charge in [-0.05, 0) is 31.0 Å². The molecule has 1 N–H and O–H groups in total. The molecular weight excluding hydrogens is 293 g/mol. The highest BCUT2D eigenvalue weighted by molar-refractivity contribution is 8.13. The summed E-state index contributed by atoms with van der Waals surface area (Å²) in [6.45, 7) is 0. The summed E-state index contributed by atoms with van der Waals surface area (Å²) in [5, 5.41) is 2.73. The van der Waals surface area contributed by atoms with Gasteiger partial charge in [-0.25, -0.2) is 12.8 Å². The van der Waals surface area contributed by atoms with Crippen LogP contribution in [0.25, 0.3) is 0 Å². The van der Waals surface area contributed by atoms with Gasteiger partial charge in [0.25, 0.3) is 15.0 Å². The highest BCUT2D eigenvalue weighted by Gasteiger charge is 2.21. The molecule has 1 aliphatic carbocycles. The second-order valence-electron chi connectivity index (χ2n) is 4.53. The zero-order chi connectivity index (χ0) is 14.0. The van der Waals surface area contributed by atoms with Gasteiger partial charge in [-0.15, -0.1) is 0 Å². The van der Waals surface area contributed by atoms with Gasteiger partial charge in [-0.3, -0.25) is 4.79 Å². The lowest BCUT2D eigenvalue weighted by atomic mass is 10.1. The average molecular weight is 306 g/mol. The van der Waals surface area contributed by atoms with Crippen LogP contribution >= 0.6 is 10.7 Å². The quantitative estimate of drug-likeness (QED) is 0.872. The fraction of sp³-hybridized carbons (Fsp3) is 0.417. The molecule has 7 heteroatoms. The first-order valence-electron chi connectivity index (χ1n) is 5.93. The van der Waals surface area contributed by atoms with Gasteiger partial charge in [0.05, 0.1) is 10.5 Å². The zero-order valence-electron chi connectivity index (χ0n) is 10.0. The molecule has 0 spiro atoms. The Morgan fingerprint density at radius 1 is 1.32 bits per heavy atom. The van der Waals surface area contributed by atoms with Crippen LogP contribution in [0.4, 0.5) is 4.39 Å². The molecule has 1 fully saturated rings. The predicted molar refractivity (Wildman–Crippen MR) is 69.2 cm³/mol. The summed E-state index contributed by atoms with van der Waals surface area (Å²) in [5.41, 5.74) is -0.170. The molecule has 1 saturated carbocycles. The van der Waals surface area contributed by atoms with Crippen LogP contribution < -0.4 is 5.32 Å². The van der Waals surface area contributed by atoms with Crippen LogP contribution in [0.2, 0.25) is 0 Å². The maximum Gasteiger partial charge on any atom is 0.261 e. The summed E-state index contributed by atoms with van der Waals surface area (Å²) in [6, 6.07) is 3.08. The second kappa shape index (κ2) is 5.46. The summed E-state index contributed by atoms with van der Waals surface area (Å²) in [5.74, 6) is -1.42. The fourth-order valence-corrected chi connectivity index (χ4v) is 2.93. The summed E-state index contributed by atoms with van der Waals surface area (Å²) in [7, 11) is 1.12. The van der Waals surface area contributed by atoms with E-state index in [4.69, 9.17) is 10.7 Å². The van der Waals surface area contributed by atoms with Gasteiger partial charge in [0.15, 0.2) is 0 Å². The van der Waals surface area contributed by atoms with Crippen molar-refractivity contribution in [1.82, 2.24) is 5.32 Å². The van der Waals surface area contributed by atoms with Crippen LogP contribution in [-0.4, -0.2) is 20.4 Å². The molecule has 4 nitrogen and oxygen atoms in total. The molecule has 1 aromatic carbocycles. The van der Waals surface area contributed by atoms with Gasteiger partial charge in [0, 0.05) is 16.7 Å². The van der Waals surface area contributed by atoms with E-state index < -0.39 is 20.8 Å². The summed E-state index contributed by atoms with van der Waals surface area (Å²) < 4.78 is 35.8. The normalized spacial score (nSPS) is 16.5. The first-order valence-corrected chi connectivity index (χ1v) is 8.24. The van der Waals surface area contributed by atoms with E-state index in [1.807, 2.05) is 0 Å². The van der Waals surface area contributed by atoms with E-state index in [9.17, 15) is 17.6 Å².